The highest BCUT2D eigenvalue weighted by Gasteiger charge is 2.38. The summed E-state index contributed by atoms with van der Waals surface area (Å²) in [5, 5.41) is 8.04. The standard InChI is InChI=1S/C26H41N3OSi/c1-20-13-12-17-23(25(28-20)22-16-10-11-18-27-22)29-24(21-14-8-7-9-15-21)19-30-31(5,6)26(2,3)4/h7-11,14-16,18,20,23-25,28-29H,12-13,17,19H2,1-6H3/t20-,23+,24+,25+/m1/s1. The van der Waals surface area contributed by atoms with E-state index in [1.807, 2.05) is 12.3 Å². The quantitative estimate of drug-likeness (QED) is 0.519. The van der Waals surface area contributed by atoms with Crippen LogP contribution in [-0.4, -0.2) is 32.0 Å². The van der Waals surface area contributed by atoms with Crippen LogP contribution in [0.5, 0.6) is 0 Å². The number of hydrogen-bond acceptors (Lipinski definition) is 4. The van der Waals surface area contributed by atoms with Crippen LogP contribution in [0.2, 0.25) is 18.1 Å². The molecule has 170 valence electrons. The number of rotatable bonds is 7. The second-order valence-electron chi connectivity index (χ2n) is 10.5. The fourth-order valence-corrected chi connectivity index (χ4v) is 5.06. The SMILES string of the molecule is C[C@@H]1CCC[C@H](N[C@@H](CO[Si](C)(C)C(C)(C)C)c2ccccc2)[C@H](c2ccccn2)N1. The number of nitrogens with one attached hydrogen (secondary N) is 2. The summed E-state index contributed by atoms with van der Waals surface area (Å²) in [4.78, 5) is 4.70. The molecule has 0 saturated carbocycles. The fourth-order valence-electron chi connectivity index (χ4n) is 4.04. The maximum atomic E-state index is 6.69. The van der Waals surface area contributed by atoms with Crippen molar-refractivity contribution in [1.29, 1.82) is 0 Å². The van der Waals surface area contributed by atoms with Crippen LogP contribution < -0.4 is 10.6 Å². The van der Waals surface area contributed by atoms with E-state index in [4.69, 9.17) is 9.41 Å². The van der Waals surface area contributed by atoms with Gasteiger partial charge in [0.1, 0.15) is 0 Å². The predicted octanol–water partition coefficient (Wildman–Crippen LogP) is 6.01. The third kappa shape index (κ3) is 6.48. The molecule has 5 heteroatoms. The molecule has 2 N–H and O–H groups in total. The van der Waals surface area contributed by atoms with E-state index in [1.54, 1.807) is 0 Å². The molecule has 0 radical (unpaired) electrons. The van der Waals surface area contributed by atoms with Crippen LogP contribution in [0, 0.1) is 0 Å². The Kier molecular flexibility index (Phi) is 8.08. The van der Waals surface area contributed by atoms with Gasteiger partial charge in [-0.1, -0.05) is 63.6 Å². The van der Waals surface area contributed by atoms with Gasteiger partial charge in [0.2, 0.25) is 0 Å². The molecule has 0 aliphatic carbocycles. The van der Waals surface area contributed by atoms with Gasteiger partial charge in [-0.2, -0.15) is 0 Å². The zero-order valence-corrected chi connectivity index (χ0v) is 21.2. The van der Waals surface area contributed by atoms with Crippen LogP contribution in [0.3, 0.4) is 0 Å². The van der Waals surface area contributed by atoms with Crippen molar-refractivity contribution >= 4 is 8.32 Å². The molecule has 1 aliphatic heterocycles. The Labute approximate surface area is 190 Å². The van der Waals surface area contributed by atoms with E-state index < -0.39 is 8.32 Å². The number of pyridine rings is 1. The van der Waals surface area contributed by atoms with Crippen molar-refractivity contribution in [2.24, 2.45) is 0 Å². The molecule has 0 bridgehead atoms. The molecular weight excluding hydrogens is 398 g/mol. The molecule has 2 aromatic rings. The minimum Gasteiger partial charge on any atom is -0.415 e. The molecule has 1 saturated heterocycles. The molecule has 0 amide bonds. The minimum atomic E-state index is -1.84. The molecule has 1 aromatic carbocycles. The molecule has 4 nitrogen and oxygen atoms in total. The summed E-state index contributed by atoms with van der Waals surface area (Å²) >= 11 is 0. The molecule has 4 atom stereocenters. The highest BCUT2D eigenvalue weighted by Crippen LogP contribution is 2.37. The van der Waals surface area contributed by atoms with Crippen LogP contribution in [0.4, 0.5) is 0 Å². The Bertz CT molecular complexity index is 791. The van der Waals surface area contributed by atoms with Crippen molar-refractivity contribution in [3.63, 3.8) is 0 Å². The Morgan fingerprint density at radius 3 is 2.45 bits per heavy atom. The van der Waals surface area contributed by atoms with Crippen LogP contribution >= 0.6 is 0 Å². The third-order valence-electron chi connectivity index (χ3n) is 7.06. The lowest BCUT2D eigenvalue weighted by molar-refractivity contribution is 0.219. The van der Waals surface area contributed by atoms with E-state index >= 15 is 0 Å². The molecule has 2 heterocycles. The van der Waals surface area contributed by atoms with Crippen LogP contribution in [0.25, 0.3) is 0 Å². The first-order valence-corrected chi connectivity index (χ1v) is 14.7. The normalized spacial score (nSPS) is 23.9. The van der Waals surface area contributed by atoms with Crippen LogP contribution in [-0.2, 0) is 4.43 Å². The van der Waals surface area contributed by atoms with Gasteiger partial charge in [0, 0.05) is 18.3 Å². The van der Waals surface area contributed by atoms with Gasteiger partial charge in [-0.3, -0.25) is 4.98 Å². The Hall–Kier alpha value is -1.53. The fraction of sp³-hybridized carbons (Fsp3) is 0.577. The largest absolute Gasteiger partial charge is 0.415 e. The highest BCUT2D eigenvalue weighted by molar-refractivity contribution is 6.74. The van der Waals surface area contributed by atoms with E-state index in [2.05, 4.69) is 93.9 Å². The average molecular weight is 440 g/mol. The lowest BCUT2D eigenvalue weighted by Gasteiger charge is -2.38. The summed E-state index contributed by atoms with van der Waals surface area (Å²) in [7, 11) is -1.84. The van der Waals surface area contributed by atoms with Gasteiger partial charge in [-0.25, -0.2) is 0 Å². The summed E-state index contributed by atoms with van der Waals surface area (Å²) < 4.78 is 6.69. The third-order valence-corrected chi connectivity index (χ3v) is 11.6. The van der Waals surface area contributed by atoms with E-state index in [-0.39, 0.29) is 17.1 Å². The molecule has 0 unspecified atom stereocenters. The lowest BCUT2D eigenvalue weighted by Crippen LogP contribution is -2.47. The Morgan fingerprint density at radius 1 is 1.10 bits per heavy atom. The number of benzene rings is 1. The van der Waals surface area contributed by atoms with Gasteiger partial charge in [-0.05, 0) is 55.6 Å². The summed E-state index contributed by atoms with van der Waals surface area (Å²) in [6, 6.07) is 18.1. The van der Waals surface area contributed by atoms with Crippen LogP contribution in [0.1, 0.15) is 70.3 Å². The second-order valence-corrected chi connectivity index (χ2v) is 15.3. The first-order valence-electron chi connectivity index (χ1n) is 11.8. The molecule has 0 spiro atoms. The predicted molar refractivity (Wildman–Crippen MR) is 133 cm³/mol. The molecule has 1 aliphatic rings. The van der Waals surface area contributed by atoms with Gasteiger partial charge in [0.15, 0.2) is 8.32 Å². The monoisotopic (exact) mass is 439 g/mol. The van der Waals surface area contributed by atoms with Crippen LogP contribution in [0.15, 0.2) is 54.7 Å². The first-order chi connectivity index (χ1) is 14.7. The first kappa shape index (κ1) is 24.1. The van der Waals surface area contributed by atoms with Gasteiger partial charge < -0.3 is 15.1 Å². The van der Waals surface area contributed by atoms with E-state index in [9.17, 15) is 0 Å². The van der Waals surface area contributed by atoms with Crippen molar-refractivity contribution in [3.05, 3.63) is 66.0 Å². The molecule has 1 aromatic heterocycles. The molecule has 31 heavy (non-hydrogen) atoms. The smallest absolute Gasteiger partial charge is 0.192 e. The minimum absolute atomic E-state index is 0.154. The lowest BCUT2D eigenvalue weighted by atomic mass is 9.98. The van der Waals surface area contributed by atoms with Gasteiger partial charge in [-0.15, -0.1) is 0 Å². The topological polar surface area (TPSA) is 46.2 Å². The zero-order valence-electron chi connectivity index (χ0n) is 20.2. The van der Waals surface area contributed by atoms with Crippen molar-refractivity contribution < 1.29 is 4.43 Å². The van der Waals surface area contributed by atoms with E-state index in [1.165, 1.54) is 18.4 Å². The molecular formula is C26H41N3OSi. The summed E-state index contributed by atoms with van der Waals surface area (Å²) in [5.41, 5.74) is 2.41. The van der Waals surface area contributed by atoms with E-state index in [0.29, 0.717) is 18.7 Å². The summed E-state index contributed by atoms with van der Waals surface area (Å²) in [6.07, 6.45) is 5.43. The van der Waals surface area contributed by atoms with Gasteiger partial charge >= 0.3 is 0 Å². The van der Waals surface area contributed by atoms with Gasteiger partial charge in [0.25, 0.3) is 0 Å². The van der Waals surface area contributed by atoms with Crippen molar-refractivity contribution in [2.75, 3.05) is 6.61 Å². The Balaban J connectivity index is 1.84. The molecule has 3 rings (SSSR count). The van der Waals surface area contributed by atoms with Crippen molar-refractivity contribution in [1.82, 2.24) is 15.6 Å². The average Bonchev–Trinajstić information content (AvgIpc) is 2.92. The maximum Gasteiger partial charge on any atom is 0.192 e. The summed E-state index contributed by atoms with van der Waals surface area (Å²) in [5.74, 6) is 0. The Morgan fingerprint density at radius 2 is 1.81 bits per heavy atom. The number of nitrogens with zero attached hydrogens (tertiary/aromatic N) is 1. The van der Waals surface area contributed by atoms with Gasteiger partial charge in [0.05, 0.1) is 24.4 Å². The summed E-state index contributed by atoms with van der Waals surface area (Å²) in [6.45, 7) is 14.6. The highest BCUT2D eigenvalue weighted by atomic mass is 28.4. The van der Waals surface area contributed by atoms with Crippen molar-refractivity contribution in [3.8, 4) is 0 Å². The number of aromatic nitrogens is 1. The second kappa shape index (κ2) is 10.4. The number of hydrogen-bond donors (Lipinski definition) is 2. The van der Waals surface area contributed by atoms with E-state index in [0.717, 1.165) is 12.1 Å². The molecule has 1 fully saturated rings. The maximum absolute atomic E-state index is 6.69. The van der Waals surface area contributed by atoms with Crippen molar-refractivity contribution in [2.45, 2.75) is 89.3 Å². The zero-order chi connectivity index (χ0) is 22.5.